The van der Waals surface area contributed by atoms with E-state index in [9.17, 15) is 4.79 Å². The molecule has 0 radical (unpaired) electrons. The fraction of sp³-hybridized carbons (Fsp3) is 0.350. The van der Waals surface area contributed by atoms with Crippen molar-refractivity contribution < 1.29 is 9.53 Å². The van der Waals surface area contributed by atoms with Crippen LogP contribution in [0.3, 0.4) is 0 Å². The number of amides is 1. The number of ether oxygens (including phenoxy) is 1. The Morgan fingerprint density at radius 1 is 1.00 bits per heavy atom. The van der Waals surface area contributed by atoms with E-state index in [1.165, 1.54) is 5.56 Å². The summed E-state index contributed by atoms with van der Waals surface area (Å²) in [5.41, 5.74) is 1.69. The number of hydrogen-bond donors (Lipinski definition) is 1. The van der Waals surface area contributed by atoms with Gasteiger partial charge in [0.2, 0.25) is 0 Å². The molecule has 0 bridgehead atoms. The molecule has 3 heteroatoms. The topological polar surface area (TPSA) is 38.3 Å². The molecule has 1 amide bonds. The van der Waals surface area contributed by atoms with Crippen LogP contribution >= 0.6 is 0 Å². The van der Waals surface area contributed by atoms with Crippen molar-refractivity contribution in [3.8, 4) is 0 Å². The van der Waals surface area contributed by atoms with Gasteiger partial charge in [0.25, 0.3) is 5.91 Å². The molecule has 0 saturated carbocycles. The lowest BCUT2D eigenvalue weighted by molar-refractivity contribution is -0.143. The summed E-state index contributed by atoms with van der Waals surface area (Å²) in [4.78, 5) is 12.6. The molecule has 0 aliphatic rings. The maximum atomic E-state index is 12.6. The minimum Gasteiger partial charge on any atom is -0.358 e. The first kappa shape index (κ1) is 17.2. The number of carbonyl (C=O) groups excluding carboxylic acids is 1. The van der Waals surface area contributed by atoms with Crippen molar-refractivity contribution in [3.63, 3.8) is 0 Å². The molecule has 23 heavy (non-hydrogen) atoms. The van der Waals surface area contributed by atoms with Gasteiger partial charge in [0.1, 0.15) is 0 Å². The molecule has 0 aromatic heterocycles. The zero-order valence-electron chi connectivity index (χ0n) is 14.1. The van der Waals surface area contributed by atoms with Crippen LogP contribution in [0.1, 0.15) is 38.0 Å². The fourth-order valence-corrected chi connectivity index (χ4v) is 2.32. The first-order chi connectivity index (χ1) is 11.0. The highest BCUT2D eigenvalue weighted by molar-refractivity contribution is 5.82. The van der Waals surface area contributed by atoms with E-state index in [0.717, 1.165) is 12.0 Å². The molecule has 0 aliphatic heterocycles. The van der Waals surface area contributed by atoms with E-state index in [4.69, 9.17) is 4.74 Å². The third-order valence-electron chi connectivity index (χ3n) is 3.37. The van der Waals surface area contributed by atoms with Gasteiger partial charge in [0.05, 0.1) is 5.60 Å². The largest absolute Gasteiger partial charge is 0.358 e. The van der Waals surface area contributed by atoms with Crippen LogP contribution in [-0.2, 0) is 16.0 Å². The molecule has 0 aliphatic carbocycles. The molecule has 1 atom stereocenters. The molecule has 2 rings (SSSR count). The normalized spacial score (nSPS) is 12.7. The Balaban J connectivity index is 1.99. The molecule has 2 aromatic rings. The van der Waals surface area contributed by atoms with Gasteiger partial charge in [0, 0.05) is 6.54 Å². The maximum Gasteiger partial charge on any atom is 0.253 e. The Morgan fingerprint density at radius 2 is 1.57 bits per heavy atom. The molecule has 1 N–H and O–H groups in total. The monoisotopic (exact) mass is 311 g/mol. The van der Waals surface area contributed by atoms with Crippen molar-refractivity contribution in [2.75, 3.05) is 6.54 Å². The fourth-order valence-electron chi connectivity index (χ4n) is 2.32. The summed E-state index contributed by atoms with van der Waals surface area (Å²) in [6.45, 7) is 6.47. The number of benzene rings is 2. The van der Waals surface area contributed by atoms with Gasteiger partial charge >= 0.3 is 0 Å². The van der Waals surface area contributed by atoms with Gasteiger partial charge in [-0.3, -0.25) is 4.79 Å². The summed E-state index contributed by atoms with van der Waals surface area (Å²) >= 11 is 0. The van der Waals surface area contributed by atoms with E-state index in [2.05, 4.69) is 17.4 Å². The Kier molecular flexibility index (Phi) is 5.94. The number of hydrogen-bond acceptors (Lipinski definition) is 2. The van der Waals surface area contributed by atoms with Gasteiger partial charge in [-0.2, -0.15) is 0 Å². The minimum atomic E-state index is -0.591. The Bertz CT molecular complexity index is 603. The highest BCUT2D eigenvalue weighted by atomic mass is 16.5. The predicted octanol–water partition coefficient (Wildman–Crippen LogP) is 3.90. The lowest BCUT2D eigenvalue weighted by atomic mass is 10.1. The Morgan fingerprint density at radius 3 is 2.13 bits per heavy atom. The van der Waals surface area contributed by atoms with E-state index >= 15 is 0 Å². The van der Waals surface area contributed by atoms with Gasteiger partial charge in [-0.05, 0) is 38.3 Å². The van der Waals surface area contributed by atoms with Gasteiger partial charge in [-0.15, -0.1) is 0 Å². The van der Waals surface area contributed by atoms with Crippen molar-refractivity contribution in [2.24, 2.45) is 0 Å². The van der Waals surface area contributed by atoms with Crippen LogP contribution in [0.15, 0.2) is 60.7 Å². The highest BCUT2D eigenvalue weighted by Gasteiger charge is 2.26. The summed E-state index contributed by atoms with van der Waals surface area (Å²) in [6, 6.07) is 19.8. The van der Waals surface area contributed by atoms with Crippen LogP contribution < -0.4 is 5.32 Å². The van der Waals surface area contributed by atoms with Crippen LogP contribution in [0.25, 0.3) is 0 Å². The smallest absolute Gasteiger partial charge is 0.253 e. The molecular weight excluding hydrogens is 286 g/mol. The van der Waals surface area contributed by atoms with Crippen LogP contribution in [0.5, 0.6) is 0 Å². The second kappa shape index (κ2) is 7.93. The maximum absolute atomic E-state index is 12.6. The van der Waals surface area contributed by atoms with Crippen LogP contribution in [0, 0.1) is 0 Å². The third kappa shape index (κ3) is 5.87. The molecule has 1 unspecified atom stereocenters. The summed E-state index contributed by atoms with van der Waals surface area (Å²) in [7, 11) is 0. The molecule has 0 fully saturated rings. The summed E-state index contributed by atoms with van der Waals surface area (Å²) in [5.74, 6) is -0.0953. The van der Waals surface area contributed by atoms with Gasteiger partial charge in [-0.25, -0.2) is 0 Å². The van der Waals surface area contributed by atoms with Gasteiger partial charge in [0.15, 0.2) is 6.10 Å². The Labute approximate surface area is 138 Å². The van der Waals surface area contributed by atoms with Crippen molar-refractivity contribution in [1.29, 1.82) is 0 Å². The average Bonchev–Trinajstić information content (AvgIpc) is 2.53. The van der Waals surface area contributed by atoms with Crippen LogP contribution in [0.4, 0.5) is 0 Å². The molecule has 2 aromatic carbocycles. The first-order valence-electron chi connectivity index (χ1n) is 8.00. The molecular formula is C20H25NO2. The first-order valence-corrected chi connectivity index (χ1v) is 8.00. The summed E-state index contributed by atoms with van der Waals surface area (Å²) < 4.78 is 5.98. The summed E-state index contributed by atoms with van der Waals surface area (Å²) in [5, 5.41) is 2.99. The second-order valence-corrected chi connectivity index (χ2v) is 6.55. The zero-order valence-corrected chi connectivity index (χ0v) is 14.1. The molecule has 0 spiro atoms. The van der Waals surface area contributed by atoms with E-state index in [1.807, 2.05) is 69.3 Å². The highest BCUT2D eigenvalue weighted by Crippen LogP contribution is 2.24. The van der Waals surface area contributed by atoms with Gasteiger partial charge < -0.3 is 10.1 Å². The number of nitrogens with one attached hydrogen (secondary N) is 1. The third-order valence-corrected chi connectivity index (χ3v) is 3.37. The Hall–Kier alpha value is -2.13. The summed E-state index contributed by atoms with van der Waals surface area (Å²) in [6.07, 6.45) is 0.218. The number of rotatable bonds is 6. The predicted molar refractivity (Wildman–Crippen MR) is 93.2 cm³/mol. The lowest BCUT2D eigenvalue weighted by Crippen LogP contribution is -2.36. The van der Waals surface area contributed by atoms with E-state index in [1.54, 1.807) is 0 Å². The van der Waals surface area contributed by atoms with E-state index in [-0.39, 0.29) is 5.91 Å². The molecule has 3 nitrogen and oxygen atoms in total. The van der Waals surface area contributed by atoms with E-state index < -0.39 is 11.7 Å². The quantitative estimate of drug-likeness (QED) is 0.878. The second-order valence-electron chi connectivity index (χ2n) is 6.55. The minimum absolute atomic E-state index is 0.0953. The zero-order chi connectivity index (χ0) is 16.7. The molecule has 0 heterocycles. The van der Waals surface area contributed by atoms with Crippen molar-refractivity contribution >= 4 is 5.91 Å². The standard InChI is InChI=1S/C20H25NO2/c1-20(2,3)23-18(17-12-8-5-9-13-17)19(22)21-15-14-16-10-6-4-7-11-16/h4-13,18H,14-15H2,1-3H3,(H,21,22). The van der Waals surface area contributed by atoms with Crippen LogP contribution in [0.2, 0.25) is 0 Å². The lowest BCUT2D eigenvalue weighted by Gasteiger charge is -2.27. The van der Waals surface area contributed by atoms with Crippen LogP contribution in [-0.4, -0.2) is 18.1 Å². The molecule has 0 saturated heterocycles. The van der Waals surface area contributed by atoms with Gasteiger partial charge in [-0.1, -0.05) is 60.7 Å². The van der Waals surface area contributed by atoms with Crippen molar-refractivity contribution in [2.45, 2.75) is 38.9 Å². The SMILES string of the molecule is CC(C)(C)OC(C(=O)NCCc1ccccc1)c1ccccc1. The van der Waals surface area contributed by atoms with Crippen molar-refractivity contribution in [1.82, 2.24) is 5.32 Å². The average molecular weight is 311 g/mol. The molecule has 122 valence electrons. The van der Waals surface area contributed by atoms with E-state index in [0.29, 0.717) is 6.54 Å². The number of carbonyl (C=O) groups is 1. The van der Waals surface area contributed by atoms with Crippen molar-refractivity contribution in [3.05, 3.63) is 71.8 Å².